The molecule has 116 heavy (non-hydrogen) atoms. The first-order valence-corrected chi connectivity index (χ1v) is 39.6. The van der Waals surface area contributed by atoms with Gasteiger partial charge in [-0.05, 0) is 156 Å². The zero-order chi connectivity index (χ0) is 76.1. The van der Waals surface area contributed by atoms with Gasteiger partial charge in [-0.2, -0.15) is 0 Å². The molecule has 0 unspecified atom stereocenters. The smallest absolute Gasteiger partial charge is 0.0801 e. The fourth-order valence-electron chi connectivity index (χ4n) is 19.2. The predicted octanol–water partition coefficient (Wildman–Crippen LogP) is 29.4. The third kappa shape index (κ3) is 10.1. The molecule has 6 heterocycles. The molecule has 0 N–H and O–H groups in total. The van der Waals surface area contributed by atoms with Crippen molar-refractivity contribution in [2.24, 2.45) is 0 Å². The van der Waals surface area contributed by atoms with Crippen molar-refractivity contribution < 1.29 is 0 Å². The fraction of sp³-hybridized carbons (Fsp3) is 0. The summed E-state index contributed by atoms with van der Waals surface area (Å²) in [5.74, 6) is 0. The number of para-hydroxylation sites is 3. The van der Waals surface area contributed by atoms with Crippen molar-refractivity contribution in [3.8, 4) is 56.0 Å². The van der Waals surface area contributed by atoms with E-state index in [0.29, 0.717) is 0 Å². The van der Waals surface area contributed by atoms with Crippen LogP contribution in [0, 0.1) is 0 Å². The molecule has 0 amide bonds. The Morgan fingerprint density at radius 1 is 0.147 bits per heavy atom. The molecule has 0 atom stereocenters. The number of fused-ring (bicyclic) bond motifs is 18. The maximum Gasteiger partial charge on any atom is 0.0801 e. The van der Waals surface area contributed by atoms with Crippen molar-refractivity contribution in [2.75, 3.05) is 0 Å². The van der Waals surface area contributed by atoms with Crippen LogP contribution in [0.15, 0.2) is 389 Å². The van der Waals surface area contributed by atoms with Crippen LogP contribution in [0.4, 0.5) is 0 Å². The summed E-state index contributed by atoms with van der Waals surface area (Å²) in [7, 11) is 0. The van der Waals surface area contributed by atoms with E-state index in [1.54, 1.807) is 0 Å². The van der Waals surface area contributed by atoms with Crippen LogP contribution in [0.1, 0.15) is 0 Å². The molecule has 0 fully saturated rings. The Morgan fingerprint density at radius 3 is 0.966 bits per heavy atom. The predicted molar refractivity (Wildman–Crippen MR) is 491 cm³/mol. The summed E-state index contributed by atoms with van der Waals surface area (Å²) in [5.41, 5.74) is 17.4. The SMILES string of the molecule is c1ccc2c(-c3c4ccccc4c(-c4nc5ccccc5c5c4ccc4cccnc45)c4ccccc34)cccc2c1.c1cnc2c(c1)ccc1c(-c3ccc(-c4ccc5ccc6cccc7ccc4c5c67)cc3)nc3ccccc3c12.c1cnc2c(c1)ccc1c(-c3ccc4ccc5cccc6ccc3c4c56)nc3ccccc3c12. The second kappa shape index (κ2) is 26.1. The summed E-state index contributed by atoms with van der Waals surface area (Å²) in [4.78, 5) is 30.3. The standard InChI is InChI=1S/C40H24N2.C38H22N2.C32H18N2/c1-2-14-27-25(11-1)12-9-20-28(27)36-29-15-3-5-17-31(29)37(32-18-6-4-16-30(32)36)40-34-23-22-26-13-10-24-41-39(26)38(34)33-19-7-8-21-35(33)42-40;1-2-9-33-31(8-1)36-32(21-18-27-7-4-22-39-38(27)36)37(40-33)28-14-10-23(11-15-28)29-19-16-26-13-12-24-5-3-6-25-17-20-30(29)35(26)34(24)25;1-2-9-27-25(8-1)30-26(17-14-22-7-4-18-33-31(22)30)32(34-27)24-16-13-21-11-10-19-5-3-6-20-12-15-23(24)29(21)28(19)20/h1-24H;1-22H;1-18H. The Balaban J connectivity index is 0.000000100. The van der Waals surface area contributed by atoms with Gasteiger partial charge in [0.1, 0.15) is 0 Å². The topological polar surface area (TPSA) is 77.3 Å². The average Bonchev–Trinajstić information content (AvgIpc) is 0.717. The van der Waals surface area contributed by atoms with Gasteiger partial charge in [0, 0.05) is 99.9 Å². The highest BCUT2D eigenvalue weighted by molar-refractivity contribution is 6.32. The molecule has 26 aromatic rings. The number of hydrogen-bond donors (Lipinski definition) is 0. The van der Waals surface area contributed by atoms with Gasteiger partial charge in [0.2, 0.25) is 0 Å². The summed E-state index contributed by atoms with van der Waals surface area (Å²) in [6, 6.07) is 133. The van der Waals surface area contributed by atoms with Crippen LogP contribution in [0.3, 0.4) is 0 Å². The van der Waals surface area contributed by atoms with E-state index in [4.69, 9.17) is 29.9 Å². The van der Waals surface area contributed by atoms with Gasteiger partial charge in [-0.1, -0.05) is 334 Å². The fourth-order valence-corrected chi connectivity index (χ4v) is 19.2. The Morgan fingerprint density at radius 2 is 0.466 bits per heavy atom. The van der Waals surface area contributed by atoms with Crippen LogP contribution < -0.4 is 0 Å². The van der Waals surface area contributed by atoms with Gasteiger partial charge < -0.3 is 0 Å². The maximum absolute atomic E-state index is 5.41. The number of benzene rings is 20. The number of hydrogen-bond acceptors (Lipinski definition) is 6. The van der Waals surface area contributed by atoms with Crippen LogP contribution in [-0.2, 0) is 0 Å². The Kier molecular flexibility index (Phi) is 14.7. The van der Waals surface area contributed by atoms with Crippen molar-refractivity contribution in [2.45, 2.75) is 0 Å². The zero-order valence-electron chi connectivity index (χ0n) is 62.6. The van der Waals surface area contributed by atoms with E-state index in [1.807, 2.05) is 36.8 Å². The number of pyridine rings is 6. The first kappa shape index (κ1) is 65.2. The van der Waals surface area contributed by atoms with Crippen LogP contribution in [-0.4, -0.2) is 29.9 Å². The minimum Gasteiger partial charge on any atom is -0.256 e. The van der Waals surface area contributed by atoms with Crippen molar-refractivity contribution in [1.29, 1.82) is 0 Å². The molecular formula is C110H64N6. The summed E-state index contributed by atoms with van der Waals surface area (Å²) in [5, 5.41) is 36.6. The summed E-state index contributed by atoms with van der Waals surface area (Å²) in [6.45, 7) is 0. The molecule has 0 aliphatic carbocycles. The quantitative estimate of drug-likeness (QED) is 0.126. The highest BCUT2D eigenvalue weighted by Gasteiger charge is 2.25. The van der Waals surface area contributed by atoms with Crippen LogP contribution in [0.2, 0.25) is 0 Å². The monoisotopic (exact) mass is 1470 g/mol. The highest BCUT2D eigenvalue weighted by atomic mass is 14.7. The minimum atomic E-state index is 0.976. The molecule has 20 aromatic carbocycles. The lowest BCUT2D eigenvalue weighted by molar-refractivity contribution is 1.41. The van der Waals surface area contributed by atoms with Gasteiger partial charge in [-0.25, -0.2) is 15.0 Å². The lowest BCUT2D eigenvalue weighted by Crippen LogP contribution is -1.95. The van der Waals surface area contributed by atoms with Crippen molar-refractivity contribution in [1.82, 2.24) is 29.9 Å². The average molecular weight is 1470 g/mol. The van der Waals surface area contributed by atoms with E-state index in [0.717, 1.165) is 126 Å². The summed E-state index contributed by atoms with van der Waals surface area (Å²) >= 11 is 0. The molecule has 0 aliphatic rings. The molecule has 0 saturated carbocycles. The number of aromatic nitrogens is 6. The Hall–Kier alpha value is -15.5. The van der Waals surface area contributed by atoms with Crippen molar-refractivity contribution in [3.05, 3.63) is 389 Å². The van der Waals surface area contributed by atoms with Crippen LogP contribution in [0.5, 0.6) is 0 Å². The highest BCUT2D eigenvalue weighted by Crippen LogP contribution is 2.50. The van der Waals surface area contributed by atoms with Crippen LogP contribution in [0.25, 0.3) is 251 Å². The van der Waals surface area contributed by atoms with E-state index < -0.39 is 0 Å². The molecule has 534 valence electrons. The lowest BCUT2D eigenvalue weighted by Gasteiger charge is -2.20. The molecule has 0 aliphatic heterocycles. The van der Waals surface area contributed by atoms with Crippen molar-refractivity contribution in [3.63, 3.8) is 0 Å². The second-order valence-electron chi connectivity index (χ2n) is 30.5. The van der Waals surface area contributed by atoms with Gasteiger partial charge in [-0.15, -0.1) is 0 Å². The van der Waals surface area contributed by atoms with E-state index in [1.165, 1.54) is 125 Å². The van der Waals surface area contributed by atoms with Gasteiger partial charge in [0.15, 0.2) is 0 Å². The first-order chi connectivity index (χ1) is 57.6. The van der Waals surface area contributed by atoms with Crippen LogP contribution >= 0.6 is 0 Å². The van der Waals surface area contributed by atoms with E-state index in [-0.39, 0.29) is 0 Å². The van der Waals surface area contributed by atoms with E-state index >= 15 is 0 Å². The lowest BCUT2D eigenvalue weighted by atomic mass is 9.84. The third-order valence-corrected chi connectivity index (χ3v) is 24.3. The maximum atomic E-state index is 5.41. The van der Waals surface area contributed by atoms with E-state index in [9.17, 15) is 0 Å². The number of rotatable bonds is 5. The first-order valence-electron chi connectivity index (χ1n) is 39.6. The Labute approximate surface area is 664 Å². The van der Waals surface area contributed by atoms with Gasteiger partial charge in [-0.3, -0.25) is 15.0 Å². The van der Waals surface area contributed by atoms with Gasteiger partial charge >= 0.3 is 0 Å². The summed E-state index contributed by atoms with van der Waals surface area (Å²) < 4.78 is 0. The second-order valence-corrected chi connectivity index (χ2v) is 30.5. The van der Waals surface area contributed by atoms with Gasteiger partial charge in [0.05, 0.1) is 50.2 Å². The molecule has 26 rings (SSSR count). The minimum absolute atomic E-state index is 0.976. The van der Waals surface area contributed by atoms with E-state index in [2.05, 4.69) is 352 Å². The van der Waals surface area contributed by atoms with Gasteiger partial charge in [0.25, 0.3) is 0 Å². The normalized spacial score (nSPS) is 12.0. The van der Waals surface area contributed by atoms with Crippen molar-refractivity contribution >= 4 is 195 Å². The Bertz CT molecular complexity index is 8470. The largest absolute Gasteiger partial charge is 0.256 e. The molecule has 0 radical (unpaired) electrons. The molecule has 0 spiro atoms. The molecular weight excluding hydrogens is 1410 g/mol. The zero-order valence-corrected chi connectivity index (χ0v) is 62.6. The molecule has 6 heteroatoms. The third-order valence-electron chi connectivity index (χ3n) is 24.3. The molecule has 0 bridgehead atoms. The summed E-state index contributed by atoms with van der Waals surface area (Å²) in [6.07, 6.45) is 5.65. The molecule has 6 aromatic heterocycles. The molecule has 6 nitrogen and oxygen atoms in total. The number of nitrogens with zero attached hydrogens (tertiary/aromatic N) is 6. The molecule has 0 saturated heterocycles.